The summed E-state index contributed by atoms with van der Waals surface area (Å²) in [7, 11) is -8.05. The van der Waals surface area contributed by atoms with Crippen LogP contribution < -0.4 is 18.9 Å². The minimum atomic E-state index is -4.02. The van der Waals surface area contributed by atoms with Crippen LogP contribution in [0.4, 0.5) is 0 Å². The van der Waals surface area contributed by atoms with Crippen molar-refractivity contribution < 1.29 is 58.4 Å². The molecule has 1 aliphatic heterocycles. The Morgan fingerprint density at radius 2 is 0.667 bits per heavy atom. The minimum absolute atomic E-state index is 0.0410. The van der Waals surface area contributed by atoms with Gasteiger partial charge in [-0.05, 0) is 82.6 Å². The Morgan fingerprint density at radius 3 is 0.986 bits per heavy atom. The van der Waals surface area contributed by atoms with E-state index in [-0.39, 0.29) is 49.4 Å². The molecule has 0 unspecified atom stereocenters. The topological polar surface area (TPSA) is 151 Å². The van der Waals surface area contributed by atoms with Gasteiger partial charge in [-0.3, -0.25) is 8.37 Å². The molecule has 364 valence electrons. The molecule has 0 spiro atoms. The molecule has 10 bridgehead atoms. The van der Waals surface area contributed by atoms with Crippen molar-refractivity contribution in [2.24, 2.45) is 0 Å². The largest absolute Gasteiger partial charge is 0.491 e. The number of hydrogen-bond donors (Lipinski definition) is 0. The summed E-state index contributed by atoms with van der Waals surface area (Å²) < 4.78 is 108. The van der Waals surface area contributed by atoms with Gasteiger partial charge in [0.2, 0.25) is 0 Å². The predicted molar refractivity (Wildman–Crippen MR) is 260 cm³/mol. The second-order valence-electron chi connectivity index (χ2n) is 16.7. The molecule has 0 N–H and O–H groups in total. The van der Waals surface area contributed by atoms with E-state index in [2.05, 4.69) is 0 Å². The summed E-state index contributed by atoms with van der Waals surface area (Å²) in [5.41, 5.74) is 8.88. The summed E-state index contributed by atoms with van der Waals surface area (Å²) in [5.74, 6) is 2.57. The van der Waals surface area contributed by atoms with E-state index in [1.54, 1.807) is 24.3 Å². The van der Waals surface area contributed by atoms with Gasteiger partial charge in [0, 0.05) is 25.7 Å². The lowest BCUT2D eigenvalue weighted by Crippen LogP contribution is -2.16. The predicted octanol–water partition coefficient (Wildman–Crippen LogP) is 8.37. The average Bonchev–Trinajstić information content (AvgIpc) is 3.33. The van der Waals surface area contributed by atoms with Gasteiger partial charge in [-0.15, -0.1) is 0 Å². The number of aryl methyl sites for hydroxylation is 2. The van der Waals surface area contributed by atoms with Crippen molar-refractivity contribution in [2.75, 3.05) is 79.3 Å². The summed E-state index contributed by atoms with van der Waals surface area (Å²) in [4.78, 5) is 0.151. The van der Waals surface area contributed by atoms with Crippen molar-refractivity contribution in [3.8, 4) is 23.0 Å². The first-order valence-corrected chi connectivity index (χ1v) is 26.0. The van der Waals surface area contributed by atoms with Gasteiger partial charge in [-0.1, -0.05) is 108 Å². The fourth-order valence-electron chi connectivity index (χ4n) is 8.30. The third kappa shape index (κ3) is 13.3. The maximum Gasteiger partial charge on any atom is 0.297 e. The monoisotopic (exact) mass is 978 g/mol. The van der Waals surface area contributed by atoms with E-state index in [1.165, 1.54) is 24.3 Å². The van der Waals surface area contributed by atoms with Crippen LogP contribution in [0.1, 0.15) is 55.6 Å². The quantitative estimate of drug-likeness (QED) is 0.0853. The summed E-state index contributed by atoms with van der Waals surface area (Å²) in [6.07, 6.45) is 1.61. The molecule has 1 aliphatic carbocycles. The van der Waals surface area contributed by atoms with Gasteiger partial charge >= 0.3 is 0 Å². The summed E-state index contributed by atoms with van der Waals surface area (Å²) >= 11 is 0. The van der Waals surface area contributed by atoms with E-state index in [4.69, 9.17) is 41.5 Å². The number of para-hydroxylation sites is 4. The first-order valence-electron chi connectivity index (χ1n) is 23.1. The minimum Gasteiger partial charge on any atom is -0.491 e. The van der Waals surface area contributed by atoms with Gasteiger partial charge in [-0.25, -0.2) is 0 Å². The number of benzene rings is 6. The highest BCUT2D eigenvalue weighted by Gasteiger charge is 2.23. The van der Waals surface area contributed by atoms with Crippen LogP contribution in [0.25, 0.3) is 0 Å². The lowest BCUT2D eigenvalue weighted by molar-refractivity contribution is 0.00484. The van der Waals surface area contributed by atoms with Crippen LogP contribution in [0, 0.1) is 13.8 Å². The SMILES string of the molecule is Cc1ccc(S(=O)(=O)OCCOc2c3cccc2Cc2cccc4c2OCCOCCOCCOCCOc2c(cccc2Cc2cccc(c2OCCOS(=O)(=O)c2ccc(C)cc2)C4)C3)cc1. The molecule has 69 heavy (non-hydrogen) atoms. The first kappa shape index (κ1) is 49.6. The summed E-state index contributed by atoms with van der Waals surface area (Å²) in [6.45, 7) is 6.01. The number of hydrogen-bond acceptors (Lipinski definition) is 13. The van der Waals surface area contributed by atoms with Gasteiger partial charge in [-0.2, -0.15) is 16.8 Å². The first-order chi connectivity index (χ1) is 33.5. The maximum absolute atomic E-state index is 13.1. The second kappa shape index (κ2) is 23.7. The lowest BCUT2D eigenvalue weighted by atomic mass is 9.91. The van der Waals surface area contributed by atoms with Crippen LogP contribution >= 0.6 is 0 Å². The second-order valence-corrected chi connectivity index (χ2v) is 20.0. The molecule has 0 atom stereocenters. The van der Waals surface area contributed by atoms with Crippen molar-refractivity contribution in [1.82, 2.24) is 0 Å². The number of ether oxygens (including phenoxy) is 7. The van der Waals surface area contributed by atoms with E-state index >= 15 is 0 Å². The molecular formula is C54H58O13S2. The molecule has 0 saturated carbocycles. The lowest BCUT2D eigenvalue weighted by Gasteiger charge is -2.23. The molecular weight excluding hydrogens is 921 g/mol. The highest BCUT2D eigenvalue weighted by atomic mass is 32.2. The number of rotatable bonds is 12. The van der Waals surface area contributed by atoms with Crippen molar-refractivity contribution in [1.29, 1.82) is 0 Å². The fraction of sp³-hybridized carbons (Fsp3) is 0.333. The molecule has 15 heteroatoms. The zero-order valence-electron chi connectivity index (χ0n) is 39.0. The Morgan fingerprint density at radius 1 is 0.377 bits per heavy atom. The molecule has 0 saturated heterocycles. The Hall–Kier alpha value is -5.78. The summed E-state index contributed by atoms with van der Waals surface area (Å²) in [5, 5.41) is 0. The smallest absolute Gasteiger partial charge is 0.297 e. The van der Waals surface area contributed by atoms with E-state index in [1.807, 2.05) is 86.6 Å². The standard InChI is InChI=1S/C54H58O13S2/c1-39-15-19-49(20-16-39)68(55,56)66-33-31-64-53-45-11-5-12-46(53)36-42-8-4-10-44-38-48-14-6-13-47(54(48)65-32-34-67-69(57,58)50-21-17-40(2)18-22-50)37-43-9-3-7-41(35-45)51(43)62-29-27-60-25-23-59-24-26-61-28-30-63-52(42)44/h3-22H,23-38H2,1-2H3. The van der Waals surface area contributed by atoms with Crippen LogP contribution in [-0.4, -0.2) is 96.1 Å². The van der Waals surface area contributed by atoms with Gasteiger partial charge in [0.15, 0.2) is 0 Å². The highest BCUT2D eigenvalue weighted by Crippen LogP contribution is 2.39. The average molecular weight is 979 g/mol. The zero-order valence-corrected chi connectivity index (χ0v) is 40.6. The molecule has 2 aliphatic rings. The normalized spacial score (nSPS) is 15.0. The van der Waals surface area contributed by atoms with E-state index in [0.717, 1.165) is 55.6 Å². The molecule has 8 rings (SSSR count). The summed E-state index contributed by atoms with van der Waals surface area (Å²) in [6, 6.07) is 37.2. The molecule has 0 fully saturated rings. The maximum atomic E-state index is 13.1. The Kier molecular flexibility index (Phi) is 17.0. The highest BCUT2D eigenvalue weighted by molar-refractivity contribution is 7.87. The van der Waals surface area contributed by atoms with Gasteiger partial charge < -0.3 is 33.2 Å². The van der Waals surface area contributed by atoms with E-state index in [0.29, 0.717) is 88.3 Å². The van der Waals surface area contributed by atoms with E-state index in [9.17, 15) is 16.8 Å². The van der Waals surface area contributed by atoms with E-state index < -0.39 is 20.2 Å². The molecule has 6 aromatic carbocycles. The molecule has 0 amide bonds. The van der Waals surface area contributed by atoms with Crippen LogP contribution in [0.15, 0.2) is 131 Å². The van der Waals surface area contributed by atoms with Crippen molar-refractivity contribution in [3.05, 3.63) is 177 Å². The molecule has 1 heterocycles. The van der Waals surface area contributed by atoms with Crippen molar-refractivity contribution in [2.45, 2.75) is 49.3 Å². The fourth-order valence-corrected chi connectivity index (χ4v) is 10.1. The van der Waals surface area contributed by atoms with Crippen molar-refractivity contribution >= 4 is 20.2 Å². The third-order valence-corrected chi connectivity index (χ3v) is 14.3. The zero-order chi connectivity index (χ0) is 48.1. The molecule has 6 aromatic rings. The van der Waals surface area contributed by atoms with Crippen LogP contribution in [0.3, 0.4) is 0 Å². The Bertz CT molecular complexity index is 2600. The Balaban J connectivity index is 1.18. The third-order valence-electron chi connectivity index (χ3n) is 11.7. The van der Waals surface area contributed by atoms with Gasteiger partial charge in [0.05, 0.1) is 49.4 Å². The van der Waals surface area contributed by atoms with Crippen molar-refractivity contribution in [3.63, 3.8) is 0 Å². The van der Waals surface area contributed by atoms with Crippen LogP contribution in [0.5, 0.6) is 23.0 Å². The van der Waals surface area contributed by atoms with Crippen LogP contribution in [-0.2, 0) is 68.5 Å². The van der Waals surface area contributed by atoms with Gasteiger partial charge in [0.1, 0.15) is 62.6 Å². The van der Waals surface area contributed by atoms with Gasteiger partial charge in [0.25, 0.3) is 20.2 Å². The van der Waals surface area contributed by atoms with Crippen LogP contribution in [0.2, 0.25) is 0 Å². The molecule has 13 nitrogen and oxygen atoms in total. The Labute approximate surface area is 405 Å². The molecule has 0 aromatic heterocycles. The molecule has 0 radical (unpaired) electrons. The number of fused-ring (bicyclic) bond motifs is 2.